The fourth-order valence-corrected chi connectivity index (χ4v) is 2.54. The van der Waals surface area contributed by atoms with E-state index in [1.54, 1.807) is 11.3 Å². The Labute approximate surface area is 108 Å². The molecule has 1 aromatic heterocycles. The number of amides is 1. The molecule has 1 heterocycles. The monoisotopic (exact) mass is 254 g/mol. The molecule has 2 atom stereocenters. The van der Waals surface area contributed by atoms with Gasteiger partial charge in [0, 0.05) is 17.0 Å². The van der Waals surface area contributed by atoms with Crippen LogP contribution in [0.2, 0.25) is 0 Å². The maximum Gasteiger partial charge on any atom is 0.237 e. The van der Waals surface area contributed by atoms with Crippen LogP contribution in [0.15, 0.2) is 17.5 Å². The quantitative estimate of drug-likeness (QED) is 0.817. The Hall–Kier alpha value is -0.870. The first-order chi connectivity index (χ1) is 7.99. The number of rotatable bonds is 6. The summed E-state index contributed by atoms with van der Waals surface area (Å²) >= 11 is 1.76. The van der Waals surface area contributed by atoms with Gasteiger partial charge in [0.1, 0.15) is 0 Å². The van der Waals surface area contributed by atoms with Crippen LogP contribution < -0.4 is 10.6 Å². The topological polar surface area (TPSA) is 41.1 Å². The van der Waals surface area contributed by atoms with Crippen molar-refractivity contribution >= 4 is 17.2 Å². The summed E-state index contributed by atoms with van der Waals surface area (Å²) in [5.74, 6) is 0.0676. The van der Waals surface area contributed by atoms with Crippen molar-refractivity contribution in [2.75, 3.05) is 0 Å². The smallest absolute Gasteiger partial charge is 0.237 e. The highest BCUT2D eigenvalue weighted by Gasteiger charge is 2.16. The van der Waals surface area contributed by atoms with E-state index in [1.807, 2.05) is 20.8 Å². The van der Waals surface area contributed by atoms with Crippen LogP contribution in [0.4, 0.5) is 0 Å². The zero-order valence-electron chi connectivity index (χ0n) is 11.0. The Morgan fingerprint density at radius 2 is 2.06 bits per heavy atom. The molecule has 1 aromatic rings. The van der Waals surface area contributed by atoms with Gasteiger partial charge in [-0.3, -0.25) is 4.79 Å². The number of carbonyl (C=O) groups is 1. The zero-order chi connectivity index (χ0) is 12.8. The Bertz CT molecular complexity index is 335. The summed E-state index contributed by atoms with van der Waals surface area (Å²) in [6, 6.07) is 4.54. The number of thiophene rings is 1. The lowest BCUT2D eigenvalue weighted by Gasteiger charge is -2.20. The number of hydrogen-bond acceptors (Lipinski definition) is 3. The van der Waals surface area contributed by atoms with Crippen LogP contribution >= 0.6 is 11.3 Å². The summed E-state index contributed by atoms with van der Waals surface area (Å²) in [6.07, 6.45) is 0.969. The van der Waals surface area contributed by atoms with Gasteiger partial charge in [0.05, 0.1) is 6.04 Å². The van der Waals surface area contributed by atoms with E-state index in [2.05, 4.69) is 35.1 Å². The van der Waals surface area contributed by atoms with Crippen molar-refractivity contribution in [1.82, 2.24) is 10.6 Å². The lowest BCUT2D eigenvalue weighted by Crippen LogP contribution is -2.48. The molecule has 0 aliphatic heterocycles. The molecule has 0 radical (unpaired) electrons. The molecule has 1 rings (SSSR count). The Balaban J connectivity index is 2.35. The average molecular weight is 254 g/mol. The van der Waals surface area contributed by atoms with E-state index >= 15 is 0 Å². The van der Waals surface area contributed by atoms with Gasteiger partial charge in [-0.15, -0.1) is 11.3 Å². The summed E-state index contributed by atoms with van der Waals surface area (Å²) < 4.78 is 0. The minimum Gasteiger partial charge on any atom is -0.353 e. The molecule has 0 saturated heterocycles. The average Bonchev–Trinajstić information content (AvgIpc) is 2.68. The first-order valence-corrected chi connectivity index (χ1v) is 6.95. The maximum absolute atomic E-state index is 11.7. The van der Waals surface area contributed by atoms with E-state index in [0.29, 0.717) is 6.04 Å². The predicted molar refractivity (Wildman–Crippen MR) is 73.4 cm³/mol. The minimum atomic E-state index is -0.146. The molecular weight excluding hydrogens is 232 g/mol. The first-order valence-electron chi connectivity index (χ1n) is 6.08. The van der Waals surface area contributed by atoms with Crippen molar-refractivity contribution in [2.24, 2.45) is 0 Å². The maximum atomic E-state index is 11.7. The minimum absolute atomic E-state index is 0.0676. The molecule has 0 fully saturated rings. The molecule has 0 aromatic carbocycles. The second-order valence-electron chi connectivity index (χ2n) is 4.74. The van der Waals surface area contributed by atoms with E-state index < -0.39 is 0 Å². The highest BCUT2D eigenvalue weighted by Crippen LogP contribution is 2.11. The van der Waals surface area contributed by atoms with Gasteiger partial charge in [-0.1, -0.05) is 6.07 Å². The summed E-state index contributed by atoms with van der Waals surface area (Å²) in [7, 11) is 0. The van der Waals surface area contributed by atoms with E-state index in [4.69, 9.17) is 0 Å². The van der Waals surface area contributed by atoms with Crippen LogP contribution in [0.25, 0.3) is 0 Å². The lowest BCUT2D eigenvalue weighted by molar-refractivity contribution is -0.123. The second-order valence-corrected chi connectivity index (χ2v) is 5.77. The molecule has 4 heteroatoms. The number of hydrogen-bond donors (Lipinski definition) is 2. The van der Waals surface area contributed by atoms with Gasteiger partial charge in [0.2, 0.25) is 5.91 Å². The number of carbonyl (C=O) groups excluding carboxylic acids is 1. The molecule has 0 saturated carbocycles. The van der Waals surface area contributed by atoms with Gasteiger partial charge in [-0.2, -0.15) is 0 Å². The van der Waals surface area contributed by atoms with Gasteiger partial charge in [0.25, 0.3) is 0 Å². The Kier molecular flexibility index (Phi) is 5.65. The second kappa shape index (κ2) is 6.77. The standard InChI is InChI=1S/C13H22N2OS/c1-9(2)14-13(16)11(4)15-10(3)8-12-6-5-7-17-12/h5-7,9-11,15H,8H2,1-4H3,(H,14,16). The Morgan fingerprint density at radius 1 is 1.35 bits per heavy atom. The summed E-state index contributed by atoms with van der Waals surface area (Å²) in [6.45, 7) is 7.96. The zero-order valence-corrected chi connectivity index (χ0v) is 11.8. The van der Waals surface area contributed by atoms with E-state index in [9.17, 15) is 4.79 Å². The van der Waals surface area contributed by atoms with Crippen molar-refractivity contribution in [3.05, 3.63) is 22.4 Å². The third kappa shape index (κ3) is 5.33. The van der Waals surface area contributed by atoms with Crippen LogP contribution in [0.3, 0.4) is 0 Å². The normalized spacial score (nSPS) is 14.6. The molecule has 17 heavy (non-hydrogen) atoms. The fourth-order valence-electron chi connectivity index (χ4n) is 1.70. The third-order valence-corrected chi connectivity index (χ3v) is 3.34. The first kappa shape index (κ1) is 14.2. The molecule has 0 aliphatic rings. The Morgan fingerprint density at radius 3 is 2.59 bits per heavy atom. The molecule has 96 valence electrons. The molecule has 0 bridgehead atoms. The van der Waals surface area contributed by atoms with Crippen LogP contribution in [0.5, 0.6) is 0 Å². The molecule has 2 unspecified atom stereocenters. The van der Waals surface area contributed by atoms with Crippen LogP contribution in [0.1, 0.15) is 32.6 Å². The number of nitrogens with one attached hydrogen (secondary N) is 2. The lowest BCUT2D eigenvalue weighted by atomic mass is 10.1. The van der Waals surface area contributed by atoms with Gasteiger partial charge < -0.3 is 10.6 Å². The van der Waals surface area contributed by atoms with Crippen molar-refractivity contribution in [3.8, 4) is 0 Å². The summed E-state index contributed by atoms with van der Waals surface area (Å²) in [5, 5.41) is 8.31. The molecule has 3 nitrogen and oxygen atoms in total. The van der Waals surface area contributed by atoms with Gasteiger partial charge >= 0.3 is 0 Å². The largest absolute Gasteiger partial charge is 0.353 e. The fraction of sp³-hybridized carbons (Fsp3) is 0.615. The SMILES string of the molecule is CC(C)NC(=O)C(C)NC(C)Cc1cccs1. The van der Waals surface area contributed by atoms with Crippen molar-refractivity contribution in [1.29, 1.82) is 0 Å². The summed E-state index contributed by atoms with van der Waals surface area (Å²) in [5.41, 5.74) is 0. The van der Waals surface area contributed by atoms with Gasteiger partial charge in [-0.05, 0) is 45.6 Å². The van der Waals surface area contributed by atoms with E-state index in [1.165, 1.54) is 4.88 Å². The predicted octanol–water partition coefficient (Wildman–Crippen LogP) is 2.18. The van der Waals surface area contributed by atoms with Crippen LogP contribution in [-0.2, 0) is 11.2 Å². The highest BCUT2D eigenvalue weighted by atomic mass is 32.1. The molecule has 1 amide bonds. The van der Waals surface area contributed by atoms with Gasteiger partial charge in [-0.25, -0.2) is 0 Å². The van der Waals surface area contributed by atoms with Crippen LogP contribution in [0, 0.1) is 0 Å². The van der Waals surface area contributed by atoms with Gasteiger partial charge in [0.15, 0.2) is 0 Å². The molecule has 0 spiro atoms. The summed E-state index contributed by atoms with van der Waals surface area (Å²) in [4.78, 5) is 13.1. The highest BCUT2D eigenvalue weighted by molar-refractivity contribution is 7.09. The van der Waals surface area contributed by atoms with Crippen molar-refractivity contribution < 1.29 is 4.79 Å². The van der Waals surface area contributed by atoms with Crippen LogP contribution in [-0.4, -0.2) is 24.0 Å². The van der Waals surface area contributed by atoms with Crippen molar-refractivity contribution in [3.63, 3.8) is 0 Å². The molecule has 2 N–H and O–H groups in total. The molecule has 0 aliphatic carbocycles. The third-order valence-electron chi connectivity index (χ3n) is 2.45. The van der Waals surface area contributed by atoms with E-state index in [0.717, 1.165) is 6.42 Å². The molecular formula is C13H22N2OS. The van der Waals surface area contributed by atoms with E-state index in [-0.39, 0.29) is 18.0 Å². The van der Waals surface area contributed by atoms with Crippen molar-refractivity contribution in [2.45, 2.75) is 52.2 Å².